The molecule has 0 aromatic carbocycles. The number of urea groups is 1. The van der Waals surface area contributed by atoms with Crippen LogP contribution in [0.1, 0.15) is 25.8 Å². The molecule has 6 nitrogen and oxygen atoms in total. The molecule has 0 spiro atoms. The second-order valence-corrected chi connectivity index (χ2v) is 5.53. The molecule has 2 unspecified atom stereocenters. The van der Waals surface area contributed by atoms with Crippen molar-refractivity contribution in [2.24, 2.45) is 0 Å². The lowest BCUT2D eigenvalue weighted by Gasteiger charge is -2.35. The van der Waals surface area contributed by atoms with Crippen molar-refractivity contribution in [3.63, 3.8) is 0 Å². The molecule has 0 bridgehead atoms. The van der Waals surface area contributed by atoms with Crippen molar-refractivity contribution in [2.75, 3.05) is 19.6 Å². The molecule has 20 heavy (non-hydrogen) atoms. The smallest absolute Gasteiger partial charge is 0.317 e. The van der Waals surface area contributed by atoms with Crippen molar-refractivity contribution >= 4 is 6.03 Å². The summed E-state index contributed by atoms with van der Waals surface area (Å²) in [5.74, 6) is 0. The standard InChI is InChI=1S/C14H24N4O2/c1-11-7-16-18(8-11)6-4-5-15-14(19)17-9-12(2)20-13(3)10-17/h7-8,12-13H,4-6,9-10H2,1-3H3,(H,15,19). The predicted octanol–water partition coefficient (Wildman–Crippen LogP) is 1.40. The lowest BCUT2D eigenvalue weighted by Crippen LogP contribution is -2.51. The zero-order valence-electron chi connectivity index (χ0n) is 12.5. The van der Waals surface area contributed by atoms with Gasteiger partial charge in [0.25, 0.3) is 0 Å². The Morgan fingerprint density at radius 1 is 1.45 bits per heavy atom. The van der Waals surface area contributed by atoms with Crippen LogP contribution in [0.5, 0.6) is 0 Å². The van der Waals surface area contributed by atoms with Gasteiger partial charge in [-0.2, -0.15) is 5.10 Å². The van der Waals surface area contributed by atoms with Crippen molar-refractivity contribution < 1.29 is 9.53 Å². The Morgan fingerprint density at radius 3 is 2.75 bits per heavy atom. The monoisotopic (exact) mass is 280 g/mol. The Hall–Kier alpha value is -1.56. The van der Waals surface area contributed by atoms with Crippen molar-refractivity contribution in [2.45, 2.75) is 45.9 Å². The van der Waals surface area contributed by atoms with Gasteiger partial charge in [0.1, 0.15) is 0 Å². The highest BCUT2D eigenvalue weighted by atomic mass is 16.5. The number of hydrogen-bond donors (Lipinski definition) is 1. The molecular formula is C14H24N4O2. The number of amides is 2. The number of hydrogen-bond acceptors (Lipinski definition) is 3. The van der Waals surface area contributed by atoms with Crippen LogP contribution in [0.2, 0.25) is 0 Å². The number of aryl methyl sites for hydroxylation is 2. The number of morpholine rings is 1. The predicted molar refractivity (Wildman–Crippen MR) is 76.6 cm³/mol. The Balaban J connectivity index is 1.67. The Morgan fingerprint density at radius 2 is 2.15 bits per heavy atom. The third-order valence-electron chi connectivity index (χ3n) is 3.31. The molecule has 6 heteroatoms. The van der Waals surface area contributed by atoms with Crippen molar-refractivity contribution in [3.8, 4) is 0 Å². The first-order valence-corrected chi connectivity index (χ1v) is 7.22. The summed E-state index contributed by atoms with van der Waals surface area (Å²) in [6, 6.07) is 0.00338. The molecule has 2 rings (SSSR count). The van der Waals surface area contributed by atoms with Gasteiger partial charge in [0.15, 0.2) is 0 Å². The molecule has 1 saturated heterocycles. The lowest BCUT2D eigenvalue weighted by molar-refractivity contribution is -0.0545. The highest BCUT2D eigenvalue weighted by Crippen LogP contribution is 2.10. The largest absolute Gasteiger partial charge is 0.372 e. The third-order valence-corrected chi connectivity index (χ3v) is 3.31. The third kappa shape index (κ3) is 4.23. The maximum absolute atomic E-state index is 12.0. The minimum Gasteiger partial charge on any atom is -0.372 e. The molecule has 1 N–H and O–H groups in total. The van der Waals surface area contributed by atoms with E-state index < -0.39 is 0 Å². The average molecular weight is 280 g/mol. The highest BCUT2D eigenvalue weighted by Gasteiger charge is 2.25. The molecule has 0 radical (unpaired) electrons. The summed E-state index contributed by atoms with van der Waals surface area (Å²) < 4.78 is 7.52. The van der Waals surface area contributed by atoms with Crippen LogP contribution < -0.4 is 5.32 Å². The zero-order valence-corrected chi connectivity index (χ0v) is 12.5. The van der Waals surface area contributed by atoms with Crippen molar-refractivity contribution in [1.82, 2.24) is 20.0 Å². The van der Waals surface area contributed by atoms with Gasteiger partial charge in [-0.3, -0.25) is 4.68 Å². The van der Waals surface area contributed by atoms with Crippen LogP contribution in [0.15, 0.2) is 12.4 Å². The van der Waals surface area contributed by atoms with E-state index in [0.717, 1.165) is 18.5 Å². The molecule has 0 saturated carbocycles. The second kappa shape index (κ2) is 6.74. The minimum atomic E-state index is 0.00338. The number of carbonyl (C=O) groups is 1. The molecular weight excluding hydrogens is 256 g/mol. The first-order chi connectivity index (χ1) is 9.54. The van der Waals surface area contributed by atoms with E-state index in [2.05, 4.69) is 10.4 Å². The molecule has 2 amide bonds. The SMILES string of the molecule is Cc1cnn(CCCNC(=O)N2CC(C)OC(C)C2)c1. The van der Waals surface area contributed by atoms with Gasteiger partial charge in [0.05, 0.1) is 18.4 Å². The van der Waals surface area contributed by atoms with Crippen LogP contribution in [0.25, 0.3) is 0 Å². The summed E-state index contributed by atoms with van der Waals surface area (Å²) in [6.45, 7) is 8.82. The average Bonchev–Trinajstić information content (AvgIpc) is 2.79. The van der Waals surface area contributed by atoms with E-state index in [9.17, 15) is 4.79 Å². The fourth-order valence-corrected chi connectivity index (χ4v) is 2.48. The number of rotatable bonds is 4. The molecule has 1 fully saturated rings. The first kappa shape index (κ1) is 14.8. The summed E-state index contributed by atoms with van der Waals surface area (Å²) in [6.07, 6.45) is 4.94. The highest BCUT2D eigenvalue weighted by molar-refractivity contribution is 5.74. The first-order valence-electron chi connectivity index (χ1n) is 7.22. The van der Waals surface area contributed by atoms with Gasteiger partial charge in [-0.25, -0.2) is 4.79 Å². The number of ether oxygens (including phenoxy) is 1. The minimum absolute atomic E-state index is 0.00338. The fourth-order valence-electron chi connectivity index (χ4n) is 2.48. The number of nitrogens with zero attached hydrogens (tertiary/aromatic N) is 3. The van der Waals surface area contributed by atoms with Gasteiger partial charge in [-0.1, -0.05) is 0 Å². The molecule has 2 atom stereocenters. The molecule has 112 valence electrons. The molecule has 1 aliphatic heterocycles. The van der Waals surface area contributed by atoms with E-state index >= 15 is 0 Å². The molecule has 1 aromatic rings. The maximum Gasteiger partial charge on any atom is 0.317 e. The Kier molecular flexibility index (Phi) is 5.00. The number of aromatic nitrogens is 2. The van der Waals surface area contributed by atoms with E-state index in [0.29, 0.717) is 19.6 Å². The second-order valence-electron chi connectivity index (χ2n) is 5.53. The van der Waals surface area contributed by atoms with Crippen LogP contribution in [0, 0.1) is 6.92 Å². The zero-order chi connectivity index (χ0) is 14.5. The quantitative estimate of drug-likeness (QED) is 0.848. The van der Waals surface area contributed by atoms with Crippen molar-refractivity contribution in [3.05, 3.63) is 18.0 Å². The summed E-state index contributed by atoms with van der Waals surface area (Å²) in [5, 5.41) is 7.18. The van der Waals surface area contributed by atoms with Crippen LogP contribution in [0.3, 0.4) is 0 Å². The van der Waals surface area contributed by atoms with Gasteiger partial charge in [-0.15, -0.1) is 0 Å². The summed E-state index contributed by atoms with van der Waals surface area (Å²) >= 11 is 0. The summed E-state index contributed by atoms with van der Waals surface area (Å²) in [7, 11) is 0. The van der Waals surface area contributed by atoms with Gasteiger partial charge in [-0.05, 0) is 32.8 Å². The number of nitrogens with one attached hydrogen (secondary N) is 1. The topological polar surface area (TPSA) is 59.4 Å². The Bertz CT molecular complexity index is 436. The van der Waals surface area contributed by atoms with E-state index in [1.807, 2.05) is 42.7 Å². The number of carbonyl (C=O) groups excluding carboxylic acids is 1. The summed E-state index contributed by atoms with van der Waals surface area (Å²) in [4.78, 5) is 13.9. The van der Waals surface area contributed by atoms with Gasteiger partial charge in [0.2, 0.25) is 0 Å². The normalized spacial score (nSPS) is 22.9. The van der Waals surface area contributed by atoms with E-state index in [1.165, 1.54) is 0 Å². The maximum atomic E-state index is 12.0. The van der Waals surface area contributed by atoms with Gasteiger partial charge >= 0.3 is 6.03 Å². The van der Waals surface area contributed by atoms with Crippen LogP contribution in [-0.4, -0.2) is 52.6 Å². The molecule has 1 aliphatic rings. The van der Waals surface area contributed by atoms with Crippen LogP contribution >= 0.6 is 0 Å². The van der Waals surface area contributed by atoms with Crippen LogP contribution in [0.4, 0.5) is 4.79 Å². The lowest BCUT2D eigenvalue weighted by atomic mass is 10.2. The van der Waals surface area contributed by atoms with Crippen LogP contribution in [-0.2, 0) is 11.3 Å². The molecule has 0 aliphatic carbocycles. The van der Waals surface area contributed by atoms with Gasteiger partial charge < -0.3 is 15.0 Å². The van der Waals surface area contributed by atoms with E-state index in [-0.39, 0.29) is 18.2 Å². The van der Waals surface area contributed by atoms with Gasteiger partial charge in [0, 0.05) is 32.4 Å². The van der Waals surface area contributed by atoms with E-state index in [1.54, 1.807) is 0 Å². The molecule has 2 heterocycles. The van der Waals surface area contributed by atoms with Crippen molar-refractivity contribution in [1.29, 1.82) is 0 Å². The molecule has 1 aromatic heterocycles. The summed E-state index contributed by atoms with van der Waals surface area (Å²) in [5.41, 5.74) is 1.16. The van der Waals surface area contributed by atoms with E-state index in [4.69, 9.17) is 4.74 Å². The Labute approximate surface area is 120 Å². The fraction of sp³-hybridized carbons (Fsp3) is 0.714.